The average molecular weight is 251 g/mol. The van der Waals surface area contributed by atoms with E-state index in [2.05, 4.69) is 15.3 Å². The summed E-state index contributed by atoms with van der Waals surface area (Å²) in [5, 5.41) is 11.4. The van der Waals surface area contributed by atoms with Crippen molar-refractivity contribution >= 4 is 17.7 Å². The van der Waals surface area contributed by atoms with E-state index in [-0.39, 0.29) is 23.3 Å². The highest BCUT2D eigenvalue weighted by molar-refractivity contribution is 5.98. The summed E-state index contributed by atoms with van der Waals surface area (Å²) >= 11 is 0. The number of carboxylic acid groups (broad SMARTS) is 1. The lowest BCUT2D eigenvalue weighted by atomic mass is 10.0. The monoisotopic (exact) mass is 251 g/mol. The highest BCUT2D eigenvalue weighted by Gasteiger charge is 2.24. The quantitative estimate of drug-likeness (QED) is 0.813. The van der Waals surface area contributed by atoms with E-state index in [1.165, 1.54) is 12.4 Å². The number of ether oxygens (including phenoxy) is 1. The second-order valence-corrected chi connectivity index (χ2v) is 3.96. The second kappa shape index (κ2) is 5.54. The van der Waals surface area contributed by atoms with Crippen LogP contribution in [-0.2, 0) is 9.53 Å². The zero-order valence-corrected chi connectivity index (χ0v) is 9.63. The first-order chi connectivity index (χ1) is 8.68. The molecule has 1 aromatic heterocycles. The molecule has 18 heavy (non-hydrogen) atoms. The van der Waals surface area contributed by atoms with Crippen LogP contribution in [0, 0.1) is 5.92 Å². The van der Waals surface area contributed by atoms with Crippen molar-refractivity contribution in [2.45, 2.75) is 12.8 Å². The smallest absolute Gasteiger partial charge is 0.358 e. The normalized spacial score (nSPS) is 19.2. The van der Waals surface area contributed by atoms with Gasteiger partial charge in [-0.3, -0.25) is 4.79 Å². The molecule has 1 aromatic rings. The lowest BCUT2D eigenvalue weighted by Gasteiger charge is -2.21. The van der Waals surface area contributed by atoms with E-state index in [1.54, 1.807) is 0 Å². The van der Waals surface area contributed by atoms with Crippen molar-refractivity contribution in [3.8, 4) is 0 Å². The first-order valence-electron chi connectivity index (χ1n) is 5.61. The molecule has 0 bridgehead atoms. The summed E-state index contributed by atoms with van der Waals surface area (Å²) in [6.07, 6.45) is 4.15. The molecule has 1 amide bonds. The third-order valence-electron chi connectivity index (χ3n) is 2.67. The van der Waals surface area contributed by atoms with Gasteiger partial charge in [-0.15, -0.1) is 0 Å². The molecule has 1 aliphatic rings. The molecule has 1 unspecified atom stereocenters. The molecule has 2 rings (SSSR count). The molecular weight excluding hydrogens is 238 g/mol. The summed E-state index contributed by atoms with van der Waals surface area (Å²) in [6.45, 7) is 1.02. The number of amides is 1. The Labute approximate surface area is 103 Å². The number of carbonyl (C=O) groups excluding carboxylic acids is 1. The molecule has 0 aliphatic carbocycles. The van der Waals surface area contributed by atoms with E-state index in [1.807, 2.05) is 0 Å². The number of nitrogens with one attached hydrogen (secondary N) is 1. The maximum absolute atomic E-state index is 11.9. The van der Waals surface area contributed by atoms with Crippen molar-refractivity contribution in [1.29, 1.82) is 0 Å². The fraction of sp³-hybridized carbons (Fsp3) is 0.455. The first kappa shape index (κ1) is 12.4. The molecule has 1 aliphatic heterocycles. The Morgan fingerprint density at radius 3 is 2.83 bits per heavy atom. The number of aromatic carboxylic acids is 1. The van der Waals surface area contributed by atoms with Gasteiger partial charge in [0.25, 0.3) is 0 Å². The predicted molar refractivity (Wildman–Crippen MR) is 61.2 cm³/mol. The van der Waals surface area contributed by atoms with Crippen molar-refractivity contribution in [3.05, 3.63) is 18.1 Å². The number of anilines is 1. The Balaban J connectivity index is 2.08. The molecule has 7 heteroatoms. The molecular formula is C11H13N3O4. The topological polar surface area (TPSA) is 101 Å². The molecule has 2 heterocycles. The third kappa shape index (κ3) is 2.80. The van der Waals surface area contributed by atoms with Gasteiger partial charge >= 0.3 is 5.97 Å². The van der Waals surface area contributed by atoms with Gasteiger partial charge in [-0.2, -0.15) is 0 Å². The van der Waals surface area contributed by atoms with Crippen molar-refractivity contribution < 1.29 is 19.4 Å². The minimum absolute atomic E-state index is 0.0272. The zero-order valence-electron chi connectivity index (χ0n) is 9.63. The Morgan fingerprint density at radius 2 is 2.17 bits per heavy atom. The SMILES string of the molecule is O=C(O)c1nccnc1NC(=O)C1CCCOC1. The van der Waals surface area contributed by atoms with Gasteiger partial charge in [-0.05, 0) is 12.8 Å². The molecule has 0 radical (unpaired) electrons. The van der Waals surface area contributed by atoms with Crippen LogP contribution in [0.5, 0.6) is 0 Å². The fourth-order valence-corrected chi connectivity index (χ4v) is 1.75. The standard InChI is InChI=1S/C11H13N3O4/c15-10(7-2-1-5-18-6-7)14-9-8(11(16)17)12-3-4-13-9/h3-4,7H,1-2,5-6H2,(H,16,17)(H,13,14,15). The van der Waals surface area contributed by atoms with Crippen LogP contribution in [0.2, 0.25) is 0 Å². The van der Waals surface area contributed by atoms with Crippen LogP contribution in [0.25, 0.3) is 0 Å². The maximum atomic E-state index is 11.9. The molecule has 1 saturated heterocycles. The van der Waals surface area contributed by atoms with Crippen molar-refractivity contribution in [2.24, 2.45) is 5.92 Å². The highest BCUT2D eigenvalue weighted by Crippen LogP contribution is 2.16. The van der Waals surface area contributed by atoms with E-state index >= 15 is 0 Å². The number of hydrogen-bond donors (Lipinski definition) is 2. The van der Waals surface area contributed by atoms with Gasteiger partial charge in [0.2, 0.25) is 5.91 Å². The molecule has 0 saturated carbocycles. The number of carbonyl (C=O) groups is 2. The Bertz CT molecular complexity index is 457. The van der Waals surface area contributed by atoms with Gasteiger partial charge in [-0.1, -0.05) is 0 Å². The van der Waals surface area contributed by atoms with Crippen molar-refractivity contribution in [2.75, 3.05) is 18.5 Å². The molecule has 0 aromatic carbocycles. The summed E-state index contributed by atoms with van der Waals surface area (Å²) in [7, 11) is 0. The molecule has 96 valence electrons. The molecule has 2 N–H and O–H groups in total. The number of carboxylic acids is 1. The summed E-state index contributed by atoms with van der Waals surface area (Å²) < 4.78 is 5.21. The van der Waals surface area contributed by atoms with Gasteiger partial charge in [0.1, 0.15) is 0 Å². The number of hydrogen-bond acceptors (Lipinski definition) is 5. The van der Waals surface area contributed by atoms with Gasteiger partial charge in [0.05, 0.1) is 12.5 Å². The van der Waals surface area contributed by atoms with E-state index < -0.39 is 5.97 Å². The minimum atomic E-state index is -1.22. The Kier molecular flexibility index (Phi) is 3.83. The molecule has 1 fully saturated rings. The lowest BCUT2D eigenvalue weighted by Crippen LogP contribution is -2.31. The van der Waals surface area contributed by atoms with E-state index in [4.69, 9.17) is 9.84 Å². The lowest BCUT2D eigenvalue weighted by molar-refractivity contribution is -0.123. The van der Waals surface area contributed by atoms with Crippen LogP contribution >= 0.6 is 0 Å². The first-order valence-corrected chi connectivity index (χ1v) is 5.61. The fourth-order valence-electron chi connectivity index (χ4n) is 1.75. The van der Waals surface area contributed by atoms with Gasteiger partial charge in [0.15, 0.2) is 11.5 Å². The Morgan fingerprint density at radius 1 is 1.39 bits per heavy atom. The van der Waals surface area contributed by atoms with E-state index in [0.29, 0.717) is 13.2 Å². The van der Waals surface area contributed by atoms with E-state index in [9.17, 15) is 9.59 Å². The molecule has 7 nitrogen and oxygen atoms in total. The number of rotatable bonds is 3. The second-order valence-electron chi connectivity index (χ2n) is 3.96. The van der Waals surface area contributed by atoms with Crippen LogP contribution < -0.4 is 5.32 Å². The van der Waals surface area contributed by atoms with Gasteiger partial charge in [0, 0.05) is 19.0 Å². The average Bonchev–Trinajstić information content (AvgIpc) is 2.40. The van der Waals surface area contributed by atoms with Crippen molar-refractivity contribution in [3.63, 3.8) is 0 Å². The van der Waals surface area contributed by atoms with Crippen LogP contribution in [0.3, 0.4) is 0 Å². The van der Waals surface area contributed by atoms with Crippen LogP contribution in [0.15, 0.2) is 12.4 Å². The third-order valence-corrected chi connectivity index (χ3v) is 2.67. The zero-order chi connectivity index (χ0) is 13.0. The Hall–Kier alpha value is -2.02. The van der Waals surface area contributed by atoms with E-state index in [0.717, 1.165) is 12.8 Å². The summed E-state index contributed by atoms with van der Waals surface area (Å²) in [5.41, 5.74) is -0.262. The van der Waals surface area contributed by atoms with Crippen LogP contribution in [-0.4, -0.2) is 40.2 Å². The minimum Gasteiger partial charge on any atom is -0.476 e. The molecule has 1 atom stereocenters. The number of aromatic nitrogens is 2. The largest absolute Gasteiger partial charge is 0.476 e. The van der Waals surface area contributed by atoms with Crippen molar-refractivity contribution in [1.82, 2.24) is 9.97 Å². The highest BCUT2D eigenvalue weighted by atomic mass is 16.5. The molecule has 0 spiro atoms. The number of nitrogens with zero attached hydrogens (tertiary/aromatic N) is 2. The summed E-state index contributed by atoms with van der Waals surface area (Å²) in [6, 6.07) is 0. The summed E-state index contributed by atoms with van der Waals surface area (Å²) in [5.74, 6) is -1.79. The van der Waals surface area contributed by atoms with Gasteiger partial charge < -0.3 is 15.2 Å². The predicted octanol–water partition coefficient (Wildman–Crippen LogP) is 0.540. The van der Waals surface area contributed by atoms with Crippen LogP contribution in [0.1, 0.15) is 23.3 Å². The van der Waals surface area contributed by atoms with Crippen LogP contribution in [0.4, 0.5) is 5.82 Å². The maximum Gasteiger partial charge on any atom is 0.358 e. The summed E-state index contributed by atoms with van der Waals surface area (Å²) in [4.78, 5) is 30.3. The van der Waals surface area contributed by atoms with Gasteiger partial charge in [-0.25, -0.2) is 14.8 Å².